The number of aromatic nitrogens is 1. The van der Waals surface area contributed by atoms with E-state index in [2.05, 4.69) is 10.6 Å². The standard InChI is InChI=1S/C22H19N3O3/c1-12-21(26)25-19-10-14(8-9-20(19)28-12)23-22(27)16-11-18(13-6-7-13)24-17-5-3-2-4-15(16)17/h2-5,8-13H,6-7H2,1H3,(H,23,27)(H,25,26)/t12-/m1/s1. The molecule has 0 radical (unpaired) electrons. The Bertz CT molecular complexity index is 1120. The molecule has 6 heteroatoms. The maximum atomic E-state index is 13.1. The van der Waals surface area contributed by atoms with Crippen LogP contribution < -0.4 is 15.4 Å². The lowest BCUT2D eigenvalue weighted by atomic mass is 10.1. The van der Waals surface area contributed by atoms with Crippen LogP contribution in [0.1, 0.15) is 41.7 Å². The molecule has 2 N–H and O–H groups in total. The van der Waals surface area contributed by atoms with Crippen LogP contribution in [-0.2, 0) is 4.79 Å². The molecule has 140 valence electrons. The lowest BCUT2D eigenvalue weighted by Crippen LogP contribution is -2.34. The molecule has 0 unspecified atom stereocenters. The van der Waals surface area contributed by atoms with Crippen molar-refractivity contribution < 1.29 is 14.3 Å². The Morgan fingerprint density at radius 2 is 2.00 bits per heavy atom. The number of para-hydroxylation sites is 1. The summed E-state index contributed by atoms with van der Waals surface area (Å²) in [4.78, 5) is 29.6. The Morgan fingerprint density at radius 3 is 2.82 bits per heavy atom. The number of amides is 2. The molecular weight excluding hydrogens is 354 g/mol. The minimum Gasteiger partial charge on any atom is -0.479 e. The fourth-order valence-electron chi connectivity index (χ4n) is 3.46. The number of carbonyl (C=O) groups excluding carboxylic acids is 2. The van der Waals surface area contributed by atoms with Crippen LogP contribution in [0.2, 0.25) is 0 Å². The van der Waals surface area contributed by atoms with Crippen molar-refractivity contribution in [1.82, 2.24) is 4.98 Å². The molecule has 1 aliphatic carbocycles. The van der Waals surface area contributed by atoms with Crippen molar-refractivity contribution in [2.45, 2.75) is 31.8 Å². The predicted molar refractivity (Wildman–Crippen MR) is 107 cm³/mol. The van der Waals surface area contributed by atoms with Gasteiger partial charge in [-0.2, -0.15) is 0 Å². The molecule has 6 nitrogen and oxygen atoms in total. The second-order valence-electron chi connectivity index (χ2n) is 7.30. The summed E-state index contributed by atoms with van der Waals surface area (Å²) >= 11 is 0. The van der Waals surface area contributed by atoms with E-state index in [-0.39, 0.29) is 11.8 Å². The van der Waals surface area contributed by atoms with Gasteiger partial charge in [0.2, 0.25) is 0 Å². The summed E-state index contributed by atoms with van der Waals surface area (Å²) in [5.41, 5.74) is 3.57. The van der Waals surface area contributed by atoms with Crippen LogP contribution in [0.25, 0.3) is 10.9 Å². The monoisotopic (exact) mass is 373 g/mol. The van der Waals surface area contributed by atoms with Crippen molar-refractivity contribution in [3.8, 4) is 5.75 Å². The van der Waals surface area contributed by atoms with Crippen LogP contribution in [0.5, 0.6) is 5.75 Å². The van der Waals surface area contributed by atoms with Gasteiger partial charge in [-0.3, -0.25) is 14.6 Å². The van der Waals surface area contributed by atoms with Crippen molar-refractivity contribution in [2.24, 2.45) is 0 Å². The zero-order valence-corrected chi connectivity index (χ0v) is 15.4. The first kappa shape index (κ1) is 16.7. The predicted octanol–water partition coefficient (Wildman–Crippen LogP) is 4.08. The average Bonchev–Trinajstić information content (AvgIpc) is 3.53. The molecule has 0 saturated heterocycles. The minimum absolute atomic E-state index is 0.197. The summed E-state index contributed by atoms with van der Waals surface area (Å²) in [6, 6.07) is 14.8. The summed E-state index contributed by atoms with van der Waals surface area (Å²) in [7, 11) is 0. The smallest absolute Gasteiger partial charge is 0.265 e. The number of benzene rings is 2. The highest BCUT2D eigenvalue weighted by atomic mass is 16.5. The largest absolute Gasteiger partial charge is 0.479 e. The number of hydrogen-bond acceptors (Lipinski definition) is 4. The van der Waals surface area contributed by atoms with Crippen LogP contribution in [0.4, 0.5) is 11.4 Å². The number of nitrogens with zero attached hydrogens (tertiary/aromatic N) is 1. The van der Waals surface area contributed by atoms with Gasteiger partial charge in [0.05, 0.1) is 16.8 Å². The third-order valence-corrected chi connectivity index (χ3v) is 5.14. The van der Waals surface area contributed by atoms with E-state index in [1.165, 1.54) is 0 Å². The first-order chi connectivity index (χ1) is 13.6. The molecule has 0 spiro atoms. The second-order valence-corrected chi connectivity index (χ2v) is 7.30. The van der Waals surface area contributed by atoms with E-state index in [1.807, 2.05) is 30.3 Å². The molecule has 1 aromatic heterocycles. The van der Waals surface area contributed by atoms with Gasteiger partial charge in [-0.25, -0.2) is 0 Å². The van der Waals surface area contributed by atoms with Gasteiger partial charge in [-0.05, 0) is 50.1 Å². The average molecular weight is 373 g/mol. The lowest BCUT2D eigenvalue weighted by Gasteiger charge is -2.23. The summed E-state index contributed by atoms with van der Waals surface area (Å²) in [5.74, 6) is 0.645. The SMILES string of the molecule is C[C@H]1Oc2ccc(NC(=O)c3cc(C4CC4)nc4ccccc34)cc2NC1=O. The normalized spacial score (nSPS) is 18.2. The quantitative estimate of drug-likeness (QED) is 0.725. The van der Waals surface area contributed by atoms with E-state index in [0.717, 1.165) is 29.4 Å². The second kappa shape index (κ2) is 6.34. The molecule has 3 aromatic rings. The van der Waals surface area contributed by atoms with Crippen molar-refractivity contribution in [2.75, 3.05) is 10.6 Å². The molecule has 28 heavy (non-hydrogen) atoms. The molecule has 1 fully saturated rings. The first-order valence-corrected chi connectivity index (χ1v) is 9.41. The van der Waals surface area contributed by atoms with Crippen LogP contribution in [-0.4, -0.2) is 22.9 Å². The molecule has 0 bridgehead atoms. The van der Waals surface area contributed by atoms with Crippen LogP contribution in [0.3, 0.4) is 0 Å². The highest BCUT2D eigenvalue weighted by molar-refractivity contribution is 6.12. The maximum absolute atomic E-state index is 13.1. The topological polar surface area (TPSA) is 80.3 Å². The zero-order valence-electron chi connectivity index (χ0n) is 15.4. The highest BCUT2D eigenvalue weighted by Crippen LogP contribution is 2.40. The molecule has 2 amide bonds. The molecular formula is C22H19N3O3. The van der Waals surface area contributed by atoms with Crippen molar-refractivity contribution in [3.63, 3.8) is 0 Å². The van der Waals surface area contributed by atoms with Crippen LogP contribution in [0, 0.1) is 0 Å². The van der Waals surface area contributed by atoms with Gasteiger partial charge in [0.25, 0.3) is 11.8 Å². The van der Waals surface area contributed by atoms with Gasteiger partial charge in [-0.1, -0.05) is 18.2 Å². The molecule has 1 aliphatic heterocycles. The number of carbonyl (C=O) groups is 2. The molecule has 2 aromatic carbocycles. The number of anilines is 2. The maximum Gasteiger partial charge on any atom is 0.265 e. The Kier molecular flexibility index (Phi) is 3.79. The van der Waals surface area contributed by atoms with Gasteiger partial charge in [0.15, 0.2) is 6.10 Å². The van der Waals surface area contributed by atoms with Crippen molar-refractivity contribution in [3.05, 3.63) is 59.8 Å². The van der Waals surface area contributed by atoms with Crippen LogP contribution >= 0.6 is 0 Å². The number of pyridine rings is 1. The molecule has 1 atom stereocenters. The number of hydrogen-bond donors (Lipinski definition) is 2. The van der Waals surface area contributed by atoms with Gasteiger partial charge in [0, 0.05) is 22.7 Å². The van der Waals surface area contributed by atoms with E-state index < -0.39 is 6.10 Å². The van der Waals surface area contributed by atoms with Gasteiger partial charge in [-0.15, -0.1) is 0 Å². The highest BCUT2D eigenvalue weighted by Gasteiger charge is 2.27. The van der Waals surface area contributed by atoms with E-state index in [1.54, 1.807) is 25.1 Å². The number of fused-ring (bicyclic) bond motifs is 2. The summed E-state index contributed by atoms with van der Waals surface area (Å²) < 4.78 is 5.56. The zero-order chi connectivity index (χ0) is 19.3. The summed E-state index contributed by atoms with van der Waals surface area (Å²) in [6.07, 6.45) is 1.71. The molecule has 2 heterocycles. The van der Waals surface area contributed by atoms with Crippen molar-refractivity contribution in [1.29, 1.82) is 0 Å². The molecule has 2 aliphatic rings. The Balaban J connectivity index is 1.48. The fourth-order valence-corrected chi connectivity index (χ4v) is 3.46. The molecule has 5 rings (SSSR count). The Morgan fingerprint density at radius 1 is 1.18 bits per heavy atom. The summed E-state index contributed by atoms with van der Waals surface area (Å²) in [6.45, 7) is 1.69. The van der Waals surface area contributed by atoms with Gasteiger partial charge in [0.1, 0.15) is 5.75 Å². The minimum atomic E-state index is -0.531. The molecule has 1 saturated carbocycles. The Hall–Kier alpha value is -3.41. The number of rotatable bonds is 3. The number of ether oxygens (including phenoxy) is 1. The third kappa shape index (κ3) is 2.97. The van der Waals surface area contributed by atoms with E-state index in [4.69, 9.17) is 9.72 Å². The van der Waals surface area contributed by atoms with Gasteiger partial charge < -0.3 is 15.4 Å². The van der Waals surface area contributed by atoms with E-state index in [9.17, 15) is 9.59 Å². The van der Waals surface area contributed by atoms with Gasteiger partial charge >= 0.3 is 0 Å². The fraction of sp³-hybridized carbons (Fsp3) is 0.227. The van der Waals surface area contributed by atoms with E-state index in [0.29, 0.717) is 28.6 Å². The third-order valence-electron chi connectivity index (χ3n) is 5.14. The van der Waals surface area contributed by atoms with Crippen molar-refractivity contribution >= 4 is 34.1 Å². The number of nitrogens with one attached hydrogen (secondary N) is 2. The lowest BCUT2D eigenvalue weighted by molar-refractivity contribution is -0.122. The van der Waals surface area contributed by atoms with E-state index >= 15 is 0 Å². The first-order valence-electron chi connectivity index (χ1n) is 9.41. The van der Waals surface area contributed by atoms with Crippen LogP contribution in [0.15, 0.2) is 48.5 Å². The Labute approximate surface area is 161 Å². The summed E-state index contributed by atoms with van der Waals surface area (Å²) in [5, 5.41) is 6.57.